The molecule has 0 aromatic heterocycles. The fraction of sp³-hybridized carbons (Fsp3) is 0.160. The Hall–Kier alpha value is -4.13. The Morgan fingerprint density at radius 1 is 0.750 bits per heavy atom. The van der Waals surface area contributed by atoms with Crippen molar-refractivity contribution in [2.24, 2.45) is 0 Å². The quantitative estimate of drug-likeness (QED) is 0.432. The van der Waals surface area contributed by atoms with Crippen LogP contribution in [0.25, 0.3) is 0 Å². The standard InChI is InChI=1S/C25H25N3O4/c1-2-15-32-25(31)19-11-13-20(14-12-19)26-17-23(29)27-21-9-6-10-22(16-21)28-24(30)18-7-4-3-5-8-18/h3-14,16,26H,2,15,17H2,1H3,(H,27,29)(H,28,30). The molecule has 7 nitrogen and oxygen atoms in total. The van der Waals surface area contributed by atoms with Crippen LogP contribution in [0.5, 0.6) is 0 Å². The minimum absolute atomic E-state index is 0.0419. The molecule has 0 atom stereocenters. The number of hydrogen-bond acceptors (Lipinski definition) is 5. The smallest absolute Gasteiger partial charge is 0.338 e. The van der Waals surface area contributed by atoms with Crippen LogP contribution in [0.4, 0.5) is 17.1 Å². The third kappa shape index (κ3) is 6.70. The van der Waals surface area contributed by atoms with E-state index in [1.807, 2.05) is 13.0 Å². The monoisotopic (exact) mass is 431 g/mol. The van der Waals surface area contributed by atoms with Crippen molar-refractivity contribution in [3.63, 3.8) is 0 Å². The summed E-state index contributed by atoms with van der Waals surface area (Å²) in [5, 5.41) is 8.61. The van der Waals surface area contributed by atoms with Gasteiger partial charge in [-0.05, 0) is 61.0 Å². The van der Waals surface area contributed by atoms with Crippen molar-refractivity contribution in [2.75, 3.05) is 29.1 Å². The number of anilines is 3. The van der Waals surface area contributed by atoms with Gasteiger partial charge in [-0.25, -0.2) is 4.79 Å². The summed E-state index contributed by atoms with van der Waals surface area (Å²) in [6.07, 6.45) is 0.767. The molecule has 32 heavy (non-hydrogen) atoms. The second kappa shape index (κ2) is 11.3. The first-order chi connectivity index (χ1) is 15.5. The van der Waals surface area contributed by atoms with E-state index in [4.69, 9.17) is 4.74 Å². The fourth-order valence-corrected chi connectivity index (χ4v) is 2.86. The zero-order valence-corrected chi connectivity index (χ0v) is 17.8. The summed E-state index contributed by atoms with van der Waals surface area (Å²) in [5.41, 5.74) is 2.86. The maximum Gasteiger partial charge on any atom is 0.338 e. The summed E-state index contributed by atoms with van der Waals surface area (Å²) in [6, 6.07) is 22.6. The van der Waals surface area contributed by atoms with E-state index >= 15 is 0 Å². The van der Waals surface area contributed by atoms with Crippen LogP contribution in [-0.4, -0.2) is 30.9 Å². The number of nitrogens with one attached hydrogen (secondary N) is 3. The van der Waals surface area contributed by atoms with Crippen LogP contribution in [0.3, 0.4) is 0 Å². The van der Waals surface area contributed by atoms with Gasteiger partial charge >= 0.3 is 5.97 Å². The molecule has 0 aliphatic heterocycles. The molecule has 3 rings (SSSR count). The van der Waals surface area contributed by atoms with Crippen LogP contribution in [0.1, 0.15) is 34.1 Å². The summed E-state index contributed by atoms with van der Waals surface area (Å²) in [4.78, 5) is 36.4. The molecule has 0 unspecified atom stereocenters. The van der Waals surface area contributed by atoms with Gasteiger partial charge in [-0.15, -0.1) is 0 Å². The van der Waals surface area contributed by atoms with Crippen molar-refractivity contribution in [1.82, 2.24) is 0 Å². The van der Waals surface area contributed by atoms with Gasteiger partial charge in [0.1, 0.15) is 0 Å². The van der Waals surface area contributed by atoms with Crippen LogP contribution < -0.4 is 16.0 Å². The Morgan fingerprint density at radius 3 is 2.12 bits per heavy atom. The van der Waals surface area contributed by atoms with Crippen molar-refractivity contribution < 1.29 is 19.1 Å². The Bertz CT molecular complexity index is 1070. The van der Waals surface area contributed by atoms with Crippen molar-refractivity contribution >= 4 is 34.8 Å². The fourth-order valence-electron chi connectivity index (χ4n) is 2.86. The number of carbonyl (C=O) groups is 3. The molecule has 3 aromatic rings. The van der Waals surface area contributed by atoms with Gasteiger partial charge in [-0.3, -0.25) is 9.59 Å². The Kier molecular flexibility index (Phi) is 7.97. The number of amides is 2. The van der Waals surface area contributed by atoms with Gasteiger partial charge in [0.2, 0.25) is 5.91 Å². The van der Waals surface area contributed by atoms with E-state index in [1.54, 1.807) is 72.8 Å². The van der Waals surface area contributed by atoms with Gasteiger partial charge in [-0.1, -0.05) is 31.2 Å². The highest BCUT2D eigenvalue weighted by atomic mass is 16.5. The van der Waals surface area contributed by atoms with Gasteiger partial charge < -0.3 is 20.7 Å². The van der Waals surface area contributed by atoms with E-state index in [0.717, 1.165) is 6.42 Å². The van der Waals surface area contributed by atoms with Crippen LogP contribution in [-0.2, 0) is 9.53 Å². The summed E-state index contributed by atoms with van der Waals surface area (Å²) in [6.45, 7) is 2.36. The molecular weight excluding hydrogens is 406 g/mol. The maximum atomic E-state index is 12.3. The van der Waals surface area contributed by atoms with Gasteiger partial charge in [0.05, 0.1) is 18.7 Å². The molecule has 0 saturated heterocycles. The Balaban J connectivity index is 1.50. The van der Waals surface area contributed by atoms with Crippen molar-refractivity contribution in [3.05, 3.63) is 90.0 Å². The van der Waals surface area contributed by atoms with E-state index in [-0.39, 0.29) is 24.3 Å². The summed E-state index contributed by atoms with van der Waals surface area (Å²) in [7, 11) is 0. The van der Waals surface area contributed by atoms with E-state index in [0.29, 0.717) is 34.8 Å². The summed E-state index contributed by atoms with van der Waals surface area (Å²) >= 11 is 0. The van der Waals surface area contributed by atoms with Gasteiger partial charge in [-0.2, -0.15) is 0 Å². The maximum absolute atomic E-state index is 12.3. The molecule has 0 spiro atoms. The van der Waals surface area contributed by atoms with E-state index in [1.165, 1.54) is 0 Å². The van der Waals surface area contributed by atoms with Gasteiger partial charge in [0.25, 0.3) is 5.91 Å². The molecule has 7 heteroatoms. The number of rotatable bonds is 9. The van der Waals surface area contributed by atoms with Crippen molar-refractivity contribution in [2.45, 2.75) is 13.3 Å². The largest absolute Gasteiger partial charge is 0.462 e. The van der Waals surface area contributed by atoms with E-state index < -0.39 is 0 Å². The van der Waals surface area contributed by atoms with Crippen molar-refractivity contribution in [3.8, 4) is 0 Å². The highest BCUT2D eigenvalue weighted by molar-refractivity contribution is 6.04. The first-order valence-corrected chi connectivity index (χ1v) is 10.3. The molecule has 3 aromatic carbocycles. The molecule has 0 saturated carbocycles. The topological polar surface area (TPSA) is 96.5 Å². The molecule has 3 N–H and O–H groups in total. The molecular formula is C25H25N3O4. The molecule has 2 amide bonds. The number of hydrogen-bond donors (Lipinski definition) is 3. The lowest BCUT2D eigenvalue weighted by Gasteiger charge is -2.10. The molecule has 0 aliphatic carbocycles. The van der Waals surface area contributed by atoms with Crippen LogP contribution in [0.2, 0.25) is 0 Å². The minimum atomic E-state index is -0.365. The Labute approximate surface area is 186 Å². The first kappa shape index (κ1) is 22.6. The molecule has 0 radical (unpaired) electrons. The highest BCUT2D eigenvalue weighted by Crippen LogP contribution is 2.16. The van der Waals surface area contributed by atoms with E-state index in [9.17, 15) is 14.4 Å². The predicted octanol–water partition coefficient (Wildman–Crippen LogP) is 4.56. The average Bonchev–Trinajstić information content (AvgIpc) is 2.82. The molecule has 0 aliphatic rings. The zero-order valence-electron chi connectivity index (χ0n) is 17.8. The van der Waals surface area contributed by atoms with Crippen LogP contribution in [0.15, 0.2) is 78.9 Å². The lowest BCUT2D eigenvalue weighted by atomic mass is 10.2. The average molecular weight is 431 g/mol. The van der Waals surface area contributed by atoms with Crippen molar-refractivity contribution in [1.29, 1.82) is 0 Å². The second-order valence-electron chi connectivity index (χ2n) is 7.02. The lowest BCUT2D eigenvalue weighted by Crippen LogP contribution is -2.22. The molecule has 0 bridgehead atoms. The predicted molar refractivity (Wildman–Crippen MR) is 125 cm³/mol. The van der Waals surface area contributed by atoms with Gasteiger partial charge in [0, 0.05) is 22.6 Å². The van der Waals surface area contributed by atoms with Gasteiger partial charge in [0.15, 0.2) is 0 Å². The minimum Gasteiger partial charge on any atom is -0.462 e. The zero-order chi connectivity index (χ0) is 22.8. The van der Waals surface area contributed by atoms with Crippen LogP contribution >= 0.6 is 0 Å². The number of esters is 1. The summed E-state index contributed by atoms with van der Waals surface area (Å²) < 4.78 is 5.09. The number of ether oxygens (including phenoxy) is 1. The third-order valence-corrected chi connectivity index (χ3v) is 4.45. The molecule has 0 heterocycles. The number of benzene rings is 3. The molecule has 164 valence electrons. The SMILES string of the molecule is CCCOC(=O)c1ccc(NCC(=O)Nc2cccc(NC(=O)c3ccccc3)c2)cc1. The van der Waals surface area contributed by atoms with Crippen LogP contribution in [0, 0.1) is 0 Å². The Morgan fingerprint density at radius 2 is 1.44 bits per heavy atom. The number of carbonyl (C=O) groups excluding carboxylic acids is 3. The van der Waals surface area contributed by atoms with E-state index in [2.05, 4.69) is 16.0 Å². The second-order valence-corrected chi connectivity index (χ2v) is 7.02. The normalized spacial score (nSPS) is 10.2. The lowest BCUT2D eigenvalue weighted by molar-refractivity contribution is -0.114. The summed E-state index contributed by atoms with van der Waals surface area (Å²) in [5.74, 6) is -0.837. The first-order valence-electron chi connectivity index (χ1n) is 10.3. The third-order valence-electron chi connectivity index (χ3n) is 4.45. The molecule has 0 fully saturated rings. The highest BCUT2D eigenvalue weighted by Gasteiger charge is 2.09.